The van der Waals surface area contributed by atoms with Crippen LogP contribution in [0.4, 0.5) is 4.79 Å². The Morgan fingerprint density at radius 1 is 0.879 bits per heavy atom. The molecule has 0 aromatic heterocycles. The molecular formula is C27H26N2O3S. The summed E-state index contributed by atoms with van der Waals surface area (Å²) in [6, 6.07) is 26.1. The van der Waals surface area contributed by atoms with Crippen LogP contribution >= 0.6 is 11.8 Å². The number of carbonyl (C=O) groups excluding carboxylic acids is 3. The van der Waals surface area contributed by atoms with Crippen molar-refractivity contribution in [1.82, 2.24) is 10.6 Å². The fraction of sp³-hybridized carbons (Fsp3) is 0.222. The van der Waals surface area contributed by atoms with Gasteiger partial charge in [0, 0.05) is 13.0 Å². The Kier molecular flexibility index (Phi) is 7.58. The van der Waals surface area contributed by atoms with Gasteiger partial charge in [0.25, 0.3) is 5.24 Å². The Morgan fingerprint density at radius 2 is 1.61 bits per heavy atom. The van der Waals surface area contributed by atoms with Crippen molar-refractivity contribution < 1.29 is 14.4 Å². The zero-order chi connectivity index (χ0) is 23.0. The van der Waals surface area contributed by atoms with Gasteiger partial charge >= 0.3 is 0 Å². The number of hydrogen-bond donors (Lipinski definition) is 2. The Hall–Kier alpha value is -3.38. The zero-order valence-corrected chi connectivity index (χ0v) is 19.1. The number of thioether (sulfide) groups is 1. The van der Waals surface area contributed by atoms with Crippen molar-refractivity contribution in [3.63, 3.8) is 0 Å². The van der Waals surface area contributed by atoms with Crippen molar-refractivity contribution >= 4 is 28.8 Å². The van der Waals surface area contributed by atoms with E-state index in [1.165, 1.54) is 0 Å². The summed E-state index contributed by atoms with van der Waals surface area (Å²) in [6.45, 7) is 0.516. The number of aryl methyl sites for hydroxylation is 1. The lowest BCUT2D eigenvalue weighted by Gasteiger charge is -2.17. The lowest BCUT2D eigenvalue weighted by Crippen LogP contribution is -2.27. The molecule has 1 unspecified atom stereocenters. The molecule has 1 fully saturated rings. The quantitative estimate of drug-likeness (QED) is 0.494. The molecule has 0 spiro atoms. The molecule has 1 aliphatic rings. The second-order valence-corrected chi connectivity index (χ2v) is 9.16. The number of nitrogens with one attached hydrogen (secondary N) is 2. The summed E-state index contributed by atoms with van der Waals surface area (Å²) in [7, 11) is 0. The first-order chi connectivity index (χ1) is 16.1. The topological polar surface area (TPSA) is 75.3 Å². The zero-order valence-electron chi connectivity index (χ0n) is 18.3. The number of rotatable bonds is 9. The SMILES string of the molecule is O=C(CCc1ccccc1)NCCc1cccc(-c2ccccc2)c1CC1SC(=O)NC1=O. The first-order valence-electron chi connectivity index (χ1n) is 11.1. The number of amides is 3. The second-order valence-electron chi connectivity index (χ2n) is 7.98. The van der Waals surface area contributed by atoms with Gasteiger partial charge in [0.1, 0.15) is 0 Å². The molecule has 3 aromatic carbocycles. The van der Waals surface area contributed by atoms with Crippen molar-refractivity contribution in [2.24, 2.45) is 0 Å². The number of benzene rings is 3. The van der Waals surface area contributed by atoms with Crippen LogP contribution < -0.4 is 10.6 Å². The molecule has 0 aliphatic carbocycles. The van der Waals surface area contributed by atoms with E-state index in [0.717, 1.165) is 39.6 Å². The van der Waals surface area contributed by atoms with Crippen LogP contribution in [0, 0.1) is 0 Å². The van der Waals surface area contributed by atoms with Crippen molar-refractivity contribution in [2.75, 3.05) is 6.54 Å². The van der Waals surface area contributed by atoms with Crippen molar-refractivity contribution in [3.8, 4) is 11.1 Å². The van der Waals surface area contributed by atoms with Gasteiger partial charge in [0.05, 0.1) is 5.25 Å². The molecule has 0 bridgehead atoms. The van der Waals surface area contributed by atoms with Crippen LogP contribution in [-0.4, -0.2) is 28.8 Å². The van der Waals surface area contributed by atoms with Gasteiger partial charge in [0.2, 0.25) is 11.8 Å². The summed E-state index contributed by atoms with van der Waals surface area (Å²) < 4.78 is 0. The van der Waals surface area contributed by atoms with Gasteiger partial charge in [-0.2, -0.15) is 0 Å². The first kappa shape index (κ1) is 22.8. The molecular weight excluding hydrogens is 432 g/mol. The van der Waals surface area contributed by atoms with Crippen molar-refractivity contribution in [1.29, 1.82) is 0 Å². The maximum atomic E-state index is 12.3. The standard InChI is InChI=1S/C27H26N2O3S/c30-25(15-14-19-8-3-1-4-9-19)28-17-16-21-12-7-13-22(20-10-5-2-6-11-20)23(21)18-24-26(31)29-27(32)33-24/h1-13,24H,14-18H2,(H,28,30)(H,29,31,32). The number of carbonyl (C=O) groups is 3. The molecule has 1 atom stereocenters. The third-order valence-electron chi connectivity index (χ3n) is 5.71. The minimum absolute atomic E-state index is 0.0240. The van der Waals surface area contributed by atoms with Crippen LogP contribution in [0.3, 0.4) is 0 Å². The highest BCUT2D eigenvalue weighted by Gasteiger charge is 2.32. The second kappa shape index (κ2) is 11.0. The number of hydrogen-bond acceptors (Lipinski definition) is 4. The highest BCUT2D eigenvalue weighted by Crippen LogP contribution is 2.31. The highest BCUT2D eigenvalue weighted by atomic mass is 32.2. The lowest BCUT2D eigenvalue weighted by molar-refractivity contribution is -0.121. The van der Waals surface area contributed by atoms with Crippen LogP contribution in [0.5, 0.6) is 0 Å². The predicted octanol–water partition coefficient (Wildman–Crippen LogP) is 4.54. The largest absolute Gasteiger partial charge is 0.356 e. The molecule has 1 aliphatic heterocycles. The molecule has 0 radical (unpaired) electrons. The summed E-state index contributed by atoms with van der Waals surface area (Å²) in [6.07, 6.45) is 2.27. The predicted molar refractivity (Wildman–Crippen MR) is 132 cm³/mol. The third-order valence-corrected chi connectivity index (χ3v) is 6.70. The Balaban J connectivity index is 1.45. The monoisotopic (exact) mass is 458 g/mol. The molecule has 1 saturated heterocycles. The van der Waals surface area contributed by atoms with E-state index in [1.54, 1.807) is 0 Å². The molecule has 5 nitrogen and oxygen atoms in total. The van der Waals surface area contributed by atoms with Gasteiger partial charge in [-0.15, -0.1) is 0 Å². The van der Waals surface area contributed by atoms with Crippen LogP contribution in [0.25, 0.3) is 11.1 Å². The van der Waals surface area contributed by atoms with Crippen molar-refractivity contribution in [3.05, 3.63) is 95.6 Å². The average molecular weight is 459 g/mol. The van der Waals surface area contributed by atoms with Gasteiger partial charge in [-0.1, -0.05) is 90.6 Å². The molecule has 3 aromatic rings. The maximum absolute atomic E-state index is 12.3. The van der Waals surface area contributed by atoms with Gasteiger partial charge in [-0.05, 0) is 47.1 Å². The van der Waals surface area contributed by atoms with Crippen LogP contribution in [0.15, 0.2) is 78.9 Å². The normalized spacial score (nSPS) is 15.3. The third kappa shape index (κ3) is 6.11. The van der Waals surface area contributed by atoms with Crippen LogP contribution in [0.1, 0.15) is 23.1 Å². The summed E-state index contributed by atoms with van der Waals surface area (Å²) in [5, 5.41) is 4.66. The van der Waals surface area contributed by atoms with Gasteiger partial charge in [0.15, 0.2) is 0 Å². The molecule has 1 heterocycles. The molecule has 3 amide bonds. The smallest absolute Gasteiger partial charge is 0.286 e. The molecule has 2 N–H and O–H groups in total. The fourth-order valence-electron chi connectivity index (χ4n) is 4.04. The van der Waals surface area contributed by atoms with Crippen LogP contribution in [0.2, 0.25) is 0 Å². The molecule has 33 heavy (non-hydrogen) atoms. The van der Waals surface area contributed by atoms with Gasteiger partial charge in [-0.3, -0.25) is 19.7 Å². The van der Waals surface area contributed by atoms with E-state index in [9.17, 15) is 14.4 Å². The first-order valence-corrected chi connectivity index (χ1v) is 12.0. The maximum Gasteiger partial charge on any atom is 0.286 e. The minimum atomic E-state index is -0.443. The molecule has 168 valence electrons. The summed E-state index contributed by atoms with van der Waals surface area (Å²) in [5.74, 6) is -0.219. The van der Waals surface area contributed by atoms with Crippen molar-refractivity contribution in [2.45, 2.75) is 30.9 Å². The average Bonchev–Trinajstić information content (AvgIpc) is 3.16. The van der Waals surface area contributed by atoms with E-state index < -0.39 is 5.25 Å². The highest BCUT2D eigenvalue weighted by molar-refractivity contribution is 8.15. The Bertz CT molecular complexity index is 1130. The van der Waals surface area contributed by atoms with Gasteiger partial charge in [-0.25, -0.2) is 0 Å². The van der Waals surface area contributed by atoms with Gasteiger partial charge < -0.3 is 5.32 Å². The van der Waals surface area contributed by atoms with E-state index in [4.69, 9.17) is 0 Å². The minimum Gasteiger partial charge on any atom is -0.356 e. The lowest BCUT2D eigenvalue weighted by atomic mass is 9.91. The molecule has 0 saturated carbocycles. The number of imide groups is 1. The summed E-state index contributed by atoms with van der Waals surface area (Å²) in [5.41, 5.74) is 5.39. The van der Waals surface area contributed by atoms with E-state index in [-0.39, 0.29) is 17.1 Å². The summed E-state index contributed by atoms with van der Waals surface area (Å²) in [4.78, 5) is 36.3. The fourth-order valence-corrected chi connectivity index (χ4v) is 4.87. The van der Waals surface area contributed by atoms with E-state index in [0.29, 0.717) is 32.2 Å². The van der Waals surface area contributed by atoms with E-state index in [2.05, 4.69) is 10.6 Å². The summed E-state index contributed by atoms with van der Waals surface area (Å²) >= 11 is 1.05. The molecule has 4 rings (SSSR count). The Morgan fingerprint density at radius 3 is 2.30 bits per heavy atom. The van der Waals surface area contributed by atoms with E-state index >= 15 is 0 Å². The van der Waals surface area contributed by atoms with Crippen LogP contribution in [-0.2, 0) is 28.9 Å². The molecule has 6 heteroatoms. The van der Waals surface area contributed by atoms with E-state index in [1.807, 2.05) is 78.9 Å². The Labute approximate surface area is 198 Å².